The first-order valence-corrected chi connectivity index (χ1v) is 5.18. The Labute approximate surface area is 87.4 Å². The van der Waals surface area contributed by atoms with E-state index in [1.165, 1.54) is 4.90 Å². The molecule has 0 radical (unpaired) electrons. The van der Waals surface area contributed by atoms with Crippen molar-refractivity contribution in [2.24, 2.45) is 5.92 Å². The van der Waals surface area contributed by atoms with Crippen molar-refractivity contribution < 1.29 is 18.3 Å². The number of ether oxygens (including phenoxy) is 1. The largest absolute Gasteiger partial charge is 0.354 e. The summed E-state index contributed by atoms with van der Waals surface area (Å²) in [5, 5.41) is 0. The summed E-state index contributed by atoms with van der Waals surface area (Å²) in [4.78, 5) is 12.8. The van der Waals surface area contributed by atoms with Gasteiger partial charge in [-0.2, -0.15) is 8.78 Å². The van der Waals surface area contributed by atoms with E-state index < -0.39 is 29.5 Å². The van der Waals surface area contributed by atoms with E-state index in [0.29, 0.717) is 6.42 Å². The highest BCUT2D eigenvalue weighted by molar-refractivity contribution is 5.87. The van der Waals surface area contributed by atoms with Gasteiger partial charge in [0, 0.05) is 0 Å². The maximum atomic E-state index is 13.6. The Hall–Kier alpha value is -0.710. The molecule has 0 aromatic heterocycles. The van der Waals surface area contributed by atoms with E-state index in [4.69, 9.17) is 4.74 Å². The van der Waals surface area contributed by atoms with Crippen LogP contribution < -0.4 is 0 Å². The number of alkyl halides is 2. The smallest absolute Gasteiger partial charge is 0.329 e. The highest BCUT2D eigenvalue weighted by Crippen LogP contribution is 2.47. The Balaban J connectivity index is 2.39. The quantitative estimate of drug-likeness (QED) is 0.670. The standard InChI is InChI=1S/C10H15F2NO2/c1-4-6-7-5-15-9(2,3)13(7)8(14)10(6,11)12/h6-7H,4-5H2,1-3H3. The van der Waals surface area contributed by atoms with Gasteiger partial charge < -0.3 is 9.64 Å². The second kappa shape index (κ2) is 2.90. The van der Waals surface area contributed by atoms with Crippen LogP contribution >= 0.6 is 0 Å². The lowest BCUT2D eigenvalue weighted by molar-refractivity contribution is -0.164. The highest BCUT2D eigenvalue weighted by atomic mass is 19.3. The summed E-state index contributed by atoms with van der Waals surface area (Å²) in [6.45, 7) is 5.20. The molecule has 5 heteroatoms. The van der Waals surface area contributed by atoms with Crippen LogP contribution in [0.1, 0.15) is 27.2 Å². The van der Waals surface area contributed by atoms with Gasteiger partial charge in [-0.3, -0.25) is 4.79 Å². The number of fused-ring (bicyclic) bond motifs is 1. The third-order valence-corrected chi connectivity index (χ3v) is 3.39. The molecule has 2 fully saturated rings. The molecular formula is C10H15F2NO2. The Bertz CT molecular complexity index is 304. The molecule has 15 heavy (non-hydrogen) atoms. The molecule has 0 N–H and O–H groups in total. The van der Waals surface area contributed by atoms with Crippen LogP contribution in [0, 0.1) is 5.92 Å². The zero-order chi connectivity index (χ0) is 11.4. The maximum Gasteiger partial charge on any atom is 0.329 e. The van der Waals surface area contributed by atoms with Crippen LogP contribution in [0.4, 0.5) is 8.78 Å². The molecule has 86 valence electrons. The lowest BCUT2D eigenvalue weighted by Gasteiger charge is -2.29. The number of hydrogen-bond acceptors (Lipinski definition) is 2. The summed E-state index contributed by atoms with van der Waals surface area (Å²) >= 11 is 0. The average Bonchev–Trinajstić information content (AvgIpc) is 2.50. The van der Waals surface area contributed by atoms with E-state index in [0.717, 1.165) is 0 Å². The highest BCUT2D eigenvalue weighted by Gasteiger charge is 2.66. The number of halogens is 2. The minimum Gasteiger partial charge on any atom is -0.354 e. The first kappa shape index (κ1) is 10.8. The second-order valence-corrected chi connectivity index (χ2v) is 4.64. The van der Waals surface area contributed by atoms with E-state index in [1.807, 2.05) is 0 Å². The lowest BCUT2D eigenvalue weighted by Crippen LogP contribution is -2.46. The fourth-order valence-electron chi connectivity index (χ4n) is 2.61. The summed E-state index contributed by atoms with van der Waals surface area (Å²) in [7, 11) is 0. The normalized spacial score (nSPS) is 37.1. The molecule has 2 atom stereocenters. The molecular weight excluding hydrogens is 204 g/mol. The molecule has 2 aliphatic rings. The predicted octanol–water partition coefficient (Wildman–Crippen LogP) is 1.62. The van der Waals surface area contributed by atoms with Gasteiger partial charge in [0.25, 0.3) is 5.91 Å². The van der Waals surface area contributed by atoms with Gasteiger partial charge in [0.2, 0.25) is 0 Å². The van der Waals surface area contributed by atoms with Crippen LogP contribution in [0.3, 0.4) is 0 Å². The minimum absolute atomic E-state index is 0.215. The molecule has 2 unspecified atom stereocenters. The third kappa shape index (κ3) is 1.22. The first-order valence-electron chi connectivity index (χ1n) is 5.18. The van der Waals surface area contributed by atoms with Crippen molar-refractivity contribution in [3.8, 4) is 0 Å². The fraction of sp³-hybridized carbons (Fsp3) is 0.900. The van der Waals surface area contributed by atoms with Crippen LogP contribution in [0.5, 0.6) is 0 Å². The number of carbonyl (C=O) groups is 1. The summed E-state index contributed by atoms with van der Waals surface area (Å²) < 4.78 is 32.6. The molecule has 0 spiro atoms. The third-order valence-electron chi connectivity index (χ3n) is 3.39. The molecule has 1 amide bonds. The van der Waals surface area contributed by atoms with Gasteiger partial charge >= 0.3 is 5.92 Å². The SMILES string of the molecule is CCC1C2COC(C)(C)N2C(=O)C1(F)F. The molecule has 2 aliphatic heterocycles. The van der Waals surface area contributed by atoms with E-state index in [9.17, 15) is 13.6 Å². The Morgan fingerprint density at radius 2 is 2.13 bits per heavy atom. The van der Waals surface area contributed by atoms with Crippen molar-refractivity contribution in [1.29, 1.82) is 0 Å². The zero-order valence-electron chi connectivity index (χ0n) is 9.09. The Kier molecular flexibility index (Phi) is 2.09. The van der Waals surface area contributed by atoms with Crippen LogP contribution in [0.25, 0.3) is 0 Å². The van der Waals surface area contributed by atoms with Crippen LogP contribution in [-0.2, 0) is 9.53 Å². The molecule has 3 nitrogen and oxygen atoms in total. The zero-order valence-corrected chi connectivity index (χ0v) is 9.09. The number of carbonyl (C=O) groups excluding carboxylic acids is 1. The molecule has 2 saturated heterocycles. The van der Waals surface area contributed by atoms with Crippen molar-refractivity contribution >= 4 is 5.91 Å². The monoisotopic (exact) mass is 219 g/mol. The minimum atomic E-state index is -3.22. The summed E-state index contributed by atoms with van der Waals surface area (Å²) in [6, 6.07) is -0.465. The molecule has 2 rings (SSSR count). The van der Waals surface area contributed by atoms with Gasteiger partial charge in [-0.1, -0.05) is 6.92 Å². The van der Waals surface area contributed by atoms with E-state index in [-0.39, 0.29) is 6.61 Å². The van der Waals surface area contributed by atoms with Crippen molar-refractivity contribution in [3.63, 3.8) is 0 Å². The van der Waals surface area contributed by atoms with E-state index in [1.54, 1.807) is 20.8 Å². The molecule has 0 aliphatic carbocycles. The van der Waals surface area contributed by atoms with Crippen molar-refractivity contribution in [2.45, 2.75) is 44.9 Å². The maximum absolute atomic E-state index is 13.6. The first-order chi connectivity index (χ1) is 6.82. The fourth-order valence-corrected chi connectivity index (χ4v) is 2.61. The Morgan fingerprint density at radius 1 is 1.53 bits per heavy atom. The summed E-state index contributed by atoms with van der Waals surface area (Å²) in [6.07, 6.45) is 0.291. The van der Waals surface area contributed by atoms with E-state index >= 15 is 0 Å². The van der Waals surface area contributed by atoms with Crippen molar-refractivity contribution in [3.05, 3.63) is 0 Å². The van der Waals surface area contributed by atoms with E-state index in [2.05, 4.69) is 0 Å². The topological polar surface area (TPSA) is 29.5 Å². The van der Waals surface area contributed by atoms with Crippen LogP contribution in [-0.4, -0.2) is 35.1 Å². The van der Waals surface area contributed by atoms with Gasteiger partial charge in [0.15, 0.2) is 0 Å². The molecule has 0 aromatic carbocycles. The van der Waals surface area contributed by atoms with Crippen LogP contribution in [0.15, 0.2) is 0 Å². The van der Waals surface area contributed by atoms with Gasteiger partial charge in [0.1, 0.15) is 5.72 Å². The number of rotatable bonds is 1. The van der Waals surface area contributed by atoms with Gasteiger partial charge in [-0.25, -0.2) is 0 Å². The predicted molar refractivity (Wildman–Crippen MR) is 49.4 cm³/mol. The van der Waals surface area contributed by atoms with Gasteiger partial charge in [-0.05, 0) is 20.3 Å². The van der Waals surface area contributed by atoms with Crippen molar-refractivity contribution in [1.82, 2.24) is 4.90 Å². The van der Waals surface area contributed by atoms with Crippen LogP contribution in [0.2, 0.25) is 0 Å². The summed E-state index contributed by atoms with van der Waals surface area (Å²) in [5.41, 5.74) is -0.894. The number of amides is 1. The number of nitrogens with zero attached hydrogens (tertiary/aromatic N) is 1. The molecule has 2 heterocycles. The molecule has 0 bridgehead atoms. The average molecular weight is 219 g/mol. The second-order valence-electron chi connectivity index (χ2n) is 4.64. The van der Waals surface area contributed by atoms with Gasteiger partial charge in [-0.15, -0.1) is 0 Å². The number of hydrogen-bond donors (Lipinski definition) is 0. The Morgan fingerprint density at radius 3 is 2.67 bits per heavy atom. The lowest BCUT2D eigenvalue weighted by atomic mass is 9.95. The summed E-state index contributed by atoms with van der Waals surface area (Å²) in [5.74, 6) is -5.21. The van der Waals surface area contributed by atoms with Gasteiger partial charge in [0.05, 0.1) is 18.6 Å². The molecule has 0 aromatic rings. The molecule has 0 saturated carbocycles. The van der Waals surface area contributed by atoms with Crippen molar-refractivity contribution in [2.75, 3.05) is 6.61 Å².